The maximum atomic E-state index is 5.64. The summed E-state index contributed by atoms with van der Waals surface area (Å²) in [4.78, 5) is 1.58. The lowest BCUT2D eigenvalue weighted by Crippen LogP contribution is -1.92. The Hall–Kier alpha value is -0.540. The Labute approximate surface area is 102 Å². The van der Waals surface area contributed by atoms with Gasteiger partial charge in [-0.15, -0.1) is 11.3 Å². The molecule has 15 heavy (non-hydrogen) atoms. The maximum absolute atomic E-state index is 5.64. The summed E-state index contributed by atoms with van der Waals surface area (Å²) in [5.41, 5.74) is 2.53. The number of thiophene rings is 1. The van der Waals surface area contributed by atoms with Crippen molar-refractivity contribution >= 4 is 27.3 Å². The van der Waals surface area contributed by atoms with E-state index in [4.69, 9.17) is 4.42 Å². The van der Waals surface area contributed by atoms with E-state index in [-0.39, 0.29) is 4.83 Å². The molecule has 0 aliphatic carbocycles. The number of alkyl halides is 1. The molecule has 0 aliphatic heterocycles. The Morgan fingerprint density at radius 1 is 1.27 bits per heavy atom. The molecule has 2 aromatic heterocycles. The molecule has 0 radical (unpaired) electrons. The van der Waals surface area contributed by atoms with Gasteiger partial charge in [-0.05, 0) is 37.8 Å². The van der Waals surface area contributed by atoms with E-state index in [1.807, 2.05) is 13.8 Å². The van der Waals surface area contributed by atoms with E-state index in [0.29, 0.717) is 0 Å². The van der Waals surface area contributed by atoms with Crippen LogP contribution in [0.25, 0.3) is 0 Å². The van der Waals surface area contributed by atoms with Gasteiger partial charge in [-0.3, -0.25) is 0 Å². The van der Waals surface area contributed by atoms with Gasteiger partial charge >= 0.3 is 0 Å². The van der Waals surface area contributed by atoms with Crippen molar-refractivity contribution in [3.8, 4) is 0 Å². The van der Waals surface area contributed by atoms with Crippen LogP contribution in [-0.2, 0) is 0 Å². The highest BCUT2D eigenvalue weighted by atomic mass is 79.9. The monoisotopic (exact) mass is 284 g/mol. The molecule has 0 spiro atoms. The van der Waals surface area contributed by atoms with Crippen LogP contribution in [0.1, 0.15) is 32.4 Å². The Balaban J connectivity index is 2.46. The average Bonchev–Trinajstić information content (AvgIpc) is 2.76. The second-order valence-corrected chi connectivity index (χ2v) is 5.53. The summed E-state index contributed by atoms with van der Waals surface area (Å²) >= 11 is 5.50. The number of rotatable bonds is 2. The molecular weight excluding hydrogens is 272 g/mol. The highest BCUT2D eigenvalue weighted by Crippen LogP contribution is 2.39. The van der Waals surface area contributed by atoms with Gasteiger partial charge < -0.3 is 4.42 Å². The lowest BCUT2D eigenvalue weighted by atomic mass is 10.1. The zero-order valence-electron chi connectivity index (χ0n) is 9.00. The fraction of sp³-hybridized carbons (Fsp3) is 0.333. The quantitative estimate of drug-likeness (QED) is 0.726. The van der Waals surface area contributed by atoms with Crippen molar-refractivity contribution in [1.29, 1.82) is 0 Å². The zero-order chi connectivity index (χ0) is 11.0. The van der Waals surface area contributed by atoms with E-state index in [2.05, 4.69) is 40.4 Å². The molecule has 1 unspecified atom stereocenters. The first-order valence-corrected chi connectivity index (χ1v) is 6.64. The molecule has 2 heterocycles. The van der Waals surface area contributed by atoms with Crippen LogP contribution in [0.15, 0.2) is 21.9 Å². The van der Waals surface area contributed by atoms with Crippen molar-refractivity contribution in [2.75, 3.05) is 0 Å². The largest absolute Gasteiger partial charge is 0.466 e. The molecule has 2 aromatic rings. The first-order valence-electron chi connectivity index (χ1n) is 4.85. The van der Waals surface area contributed by atoms with Gasteiger partial charge in [0, 0.05) is 10.4 Å². The number of furan rings is 1. The fourth-order valence-electron chi connectivity index (χ4n) is 1.76. The van der Waals surface area contributed by atoms with Crippen molar-refractivity contribution in [3.63, 3.8) is 0 Å². The SMILES string of the molecule is Cc1oc(C)c(C(Br)c2cccs2)c1C. The van der Waals surface area contributed by atoms with Gasteiger partial charge in [0.15, 0.2) is 0 Å². The Bertz CT molecular complexity index is 456. The van der Waals surface area contributed by atoms with E-state index in [1.165, 1.54) is 16.0 Å². The Kier molecular flexibility index (Phi) is 3.03. The summed E-state index contributed by atoms with van der Waals surface area (Å²) in [5, 5.41) is 2.10. The second-order valence-electron chi connectivity index (χ2n) is 3.63. The van der Waals surface area contributed by atoms with Crippen LogP contribution in [0.2, 0.25) is 0 Å². The van der Waals surface area contributed by atoms with Gasteiger partial charge in [0.05, 0.1) is 4.83 Å². The molecule has 80 valence electrons. The van der Waals surface area contributed by atoms with E-state index < -0.39 is 0 Å². The van der Waals surface area contributed by atoms with Crippen LogP contribution in [0.5, 0.6) is 0 Å². The summed E-state index contributed by atoms with van der Waals surface area (Å²) in [5.74, 6) is 2.03. The number of hydrogen-bond acceptors (Lipinski definition) is 2. The molecular formula is C12H13BrOS. The molecule has 0 saturated carbocycles. The van der Waals surface area contributed by atoms with Crippen LogP contribution in [0.3, 0.4) is 0 Å². The maximum Gasteiger partial charge on any atom is 0.106 e. The summed E-state index contributed by atoms with van der Waals surface area (Å²) in [6.07, 6.45) is 0. The van der Waals surface area contributed by atoms with Crippen molar-refractivity contribution < 1.29 is 4.42 Å². The minimum atomic E-state index is 0.259. The Morgan fingerprint density at radius 3 is 2.47 bits per heavy atom. The van der Waals surface area contributed by atoms with Gasteiger partial charge in [-0.1, -0.05) is 22.0 Å². The van der Waals surface area contributed by atoms with Crippen LogP contribution in [0, 0.1) is 20.8 Å². The lowest BCUT2D eigenvalue weighted by molar-refractivity contribution is 0.500. The molecule has 0 aliphatic rings. The molecule has 2 rings (SSSR count). The summed E-state index contributed by atoms with van der Waals surface area (Å²) in [6.45, 7) is 6.15. The molecule has 0 amide bonds. The predicted octanol–water partition coefficient (Wildman–Crippen LogP) is 4.75. The van der Waals surface area contributed by atoms with Gasteiger partial charge in [-0.25, -0.2) is 0 Å². The molecule has 0 bridgehead atoms. The molecule has 0 saturated heterocycles. The van der Waals surface area contributed by atoms with Crippen molar-refractivity contribution in [1.82, 2.24) is 0 Å². The summed E-state index contributed by atoms with van der Waals surface area (Å²) < 4.78 is 5.64. The van der Waals surface area contributed by atoms with Crippen molar-refractivity contribution in [3.05, 3.63) is 45.0 Å². The summed E-state index contributed by atoms with van der Waals surface area (Å²) in [7, 11) is 0. The van der Waals surface area contributed by atoms with E-state index >= 15 is 0 Å². The highest BCUT2D eigenvalue weighted by Gasteiger charge is 2.20. The van der Waals surface area contributed by atoms with Crippen molar-refractivity contribution in [2.24, 2.45) is 0 Å². The van der Waals surface area contributed by atoms with Crippen LogP contribution < -0.4 is 0 Å². The first-order chi connectivity index (χ1) is 7.11. The van der Waals surface area contributed by atoms with Crippen LogP contribution >= 0.6 is 27.3 Å². The van der Waals surface area contributed by atoms with Gasteiger partial charge in [-0.2, -0.15) is 0 Å². The highest BCUT2D eigenvalue weighted by molar-refractivity contribution is 9.09. The molecule has 1 nitrogen and oxygen atoms in total. The standard InChI is InChI=1S/C12H13BrOS/c1-7-8(2)14-9(3)11(7)12(13)10-5-4-6-15-10/h4-6,12H,1-3H3. The number of halogens is 1. The third kappa shape index (κ3) is 1.91. The van der Waals surface area contributed by atoms with E-state index in [1.54, 1.807) is 11.3 Å². The van der Waals surface area contributed by atoms with Gasteiger partial charge in [0.1, 0.15) is 11.5 Å². The normalized spacial score (nSPS) is 13.1. The number of aryl methyl sites for hydroxylation is 2. The molecule has 0 fully saturated rings. The van der Waals surface area contributed by atoms with E-state index in [0.717, 1.165) is 11.5 Å². The first kappa shape index (κ1) is 11.0. The molecule has 0 N–H and O–H groups in total. The zero-order valence-corrected chi connectivity index (χ0v) is 11.4. The third-order valence-electron chi connectivity index (χ3n) is 2.66. The minimum Gasteiger partial charge on any atom is -0.466 e. The predicted molar refractivity (Wildman–Crippen MR) is 68.0 cm³/mol. The topological polar surface area (TPSA) is 13.1 Å². The minimum absolute atomic E-state index is 0.259. The fourth-order valence-corrected chi connectivity index (χ4v) is 3.61. The van der Waals surface area contributed by atoms with Gasteiger partial charge in [0.25, 0.3) is 0 Å². The van der Waals surface area contributed by atoms with E-state index in [9.17, 15) is 0 Å². The second kappa shape index (κ2) is 4.14. The number of hydrogen-bond donors (Lipinski definition) is 0. The molecule has 1 atom stereocenters. The molecule has 0 aromatic carbocycles. The Morgan fingerprint density at radius 2 is 2.00 bits per heavy atom. The molecule has 3 heteroatoms. The third-order valence-corrected chi connectivity index (χ3v) is 4.86. The van der Waals surface area contributed by atoms with Crippen LogP contribution in [0.4, 0.5) is 0 Å². The average molecular weight is 285 g/mol. The van der Waals surface area contributed by atoms with Crippen LogP contribution in [-0.4, -0.2) is 0 Å². The lowest BCUT2D eigenvalue weighted by Gasteiger charge is -2.07. The van der Waals surface area contributed by atoms with Gasteiger partial charge in [0.2, 0.25) is 0 Å². The summed E-state index contributed by atoms with van der Waals surface area (Å²) in [6, 6.07) is 4.22. The van der Waals surface area contributed by atoms with Crippen molar-refractivity contribution in [2.45, 2.75) is 25.6 Å². The smallest absolute Gasteiger partial charge is 0.106 e.